The maximum absolute atomic E-state index is 12.9. The lowest BCUT2D eigenvalue weighted by atomic mass is 9.82. The van der Waals surface area contributed by atoms with E-state index in [9.17, 15) is 9.59 Å². The fourth-order valence-electron chi connectivity index (χ4n) is 4.58. The van der Waals surface area contributed by atoms with Crippen molar-refractivity contribution >= 4 is 32.7 Å². The molecule has 7 heteroatoms. The van der Waals surface area contributed by atoms with Crippen molar-refractivity contribution in [3.63, 3.8) is 0 Å². The average molecular weight is 498 g/mol. The van der Waals surface area contributed by atoms with E-state index >= 15 is 0 Å². The molecule has 32 heavy (non-hydrogen) atoms. The van der Waals surface area contributed by atoms with Crippen LogP contribution in [0.3, 0.4) is 0 Å². The second-order valence-corrected chi connectivity index (χ2v) is 10.4. The number of rotatable bonds is 4. The largest absolute Gasteiger partial charge is 0.363 e. The summed E-state index contributed by atoms with van der Waals surface area (Å²) >= 11 is 3.45. The van der Waals surface area contributed by atoms with Crippen molar-refractivity contribution in [1.29, 1.82) is 0 Å². The number of fused-ring (bicyclic) bond motifs is 1. The van der Waals surface area contributed by atoms with Crippen LogP contribution in [0.1, 0.15) is 62.9 Å². The molecule has 0 atom stereocenters. The van der Waals surface area contributed by atoms with Crippen molar-refractivity contribution in [3.8, 4) is 0 Å². The zero-order valence-electron chi connectivity index (χ0n) is 18.9. The van der Waals surface area contributed by atoms with Gasteiger partial charge >= 0.3 is 5.97 Å². The summed E-state index contributed by atoms with van der Waals surface area (Å²) in [5, 5.41) is 7.64. The first-order chi connectivity index (χ1) is 15.1. The van der Waals surface area contributed by atoms with Crippen LogP contribution >= 0.6 is 15.9 Å². The maximum atomic E-state index is 12.9. The Morgan fingerprint density at radius 2 is 1.59 bits per heavy atom. The predicted molar refractivity (Wildman–Crippen MR) is 129 cm³/mol. The summed E-state index contributed by atoms with van der Waals surface area (Å²) in [4.78, 5) is 31.5. The first-order valence-electron chi connectivity index (χ1n) is 10.9. The Hall–Kier alpha value is -2.51. The molecule has 0 bridgehead atoms. The van der Waals surface area contributed by atoms with Crippen molar-refractivity contribution in [2.24, 2.45) is 0 Å². The minimum atomic E-state index is -0.372. The molecule has 0 N–H and O–H groups in total. The van der Waals surface area contributed by atoms with Crippen LogP contribution in [0.25, 0.3) is 10.8 Å². The zero-order chi connectivity index (χ0) is 23.1. The van der Waals surface area contributed by atoms with E-state index in [0.717, 1.165) is 30.2 Å². The molecule has 1 aliphatic rings. The van der Waals surface area contributed by atoms with Crippen LogP contribution in [0.15, 0.2) is 57.9 Å². The number of halogens is 1. The highest BCUT2D eigenvalue weighted by Crippen LogP contribution is 2.38. The summed E-state index contributed by atoms with van der Waals surface area (Å²) in [7, 11) is 0. The summed E-state index contributed by atoms with van der Waals surface area (Å²) in [6, 6.07) is 14.5. The molecule has 6 nitrogen and oxygen atoms in total. The van der Waals surface area contributed by atoms with Gasteiger partial charge in [-0.1, -0.05) is 30.3 Å². The molecule has 1 aromatic heterocycles. The van der Waals surface area contributed by atoms with Gasteiger partial charge in [-0.2, -0.15) is 5.10 Å². The average Bonchev–Trinajstić information content (AvgIpc) is 2.74. The van der Waals surface area contributed by atoms with E-state index in [1.165, 1.54) is 4.68 Å². The minimum absolute atomic E-state index is 0.151. The van der Waals surface area contributed by atoms with E-state index in [1.54, 1.807) is 18.2 Å². The SMILES string of the molecule is CC1(C)CCCC(C)(C)N1OC(=O)c1ccc(Cn2nc(Br)c3ccccc3c2=O)cc1. The van der Waals surface area contributed by atoms with E-state index < -0.39 is 0 Å². The number of benzene rings is 2. The van der Waals surface area contributed by atoms with Crippen LogP contribution in [-0.4, -0.2) is 31.9 Å². The van der Waals surface area contributed by atoms with Crippen molar-refractivity contribution in [2.45, 2.75) is 64.6 Å². The second-order valence-electron chi connectivity index (χ2n) is 9.65. The van der Waals surface area contributed by atoms with E-state index in [4.69, 9.17) is 4.84 Å². The van der Waals surface area contributed by atoms with E-state index in [2.05, 4.69) is 48.7 Å². The van der Waals surface area contributed by atoms with Gasteiger partial charge in [0.25, 0.3) is 5.56 Å². The molecule has 2 heterocycles. The molecule has 0 saturated carbocycles. The van der Waals surface area contributed by atoms with Gasteiger partial charge < -0.3 is 4.84 Å². The molecular weight excluding hydrogens is 470 g/mol. The highest BCUT2D eigenvalue weighted by atomic mass is 79.9. The van der Waals surface area contributed by atoms with Crippen LogP contribution < -0.4 is 5.56 Å². The van der Waals surface area contributed by atoms with Gasteiger partial charge in [-0.15, -0.1) is 5.06 Å². The Balaban J connectivity index is 1.53. The normalized spacial score (nSPS) is 17.9. The van der Waals surface area contributed by atoms with Crippen LogP contribution in [0.4, 0.5) is 0 Å². The Morgan fingerprint density at radius 1 is 1.00 bits per heavy atom. The van der Waals surface area contributed by atoms with Crippen LogP contribution in [0.5, 0.6) is 0 Å². The first-order valence-corrected chi connectivity index (χ1v) is 11.6. The number of hydrogen-bond donors (Lipinski definition) is 0. The van der Waals surface area contributed by atoms with Gasteiger partial charge in [0.2, 0.25) is 0 Å². The third kappa shape index (κ3) is 4.36. The molecule has 1 aliphatic heterocycles. The van der Waals surface area contributed by atoms with Gasteiger partial charge in [0.1, 0.15) is 4.60 Å². The smallest absolute Gasteiger partial charge is 0.357 e. The van der Waals surface area contributed by atoms with Gasteiger partial charge in [0, 0.05) is 5.39 Å². The number of carbonyl (C=O) groups is 1. The standard InChI is InChI=1S/C25H28BrN3O3/c1-24(2)14-7-15-25(3,4)29(24)32-23(31)18-12-10-17(11-13-18)16-28-22(30)20-9-6-5-8-19(20)21(26)27-28/h5-6,8-13H,7,14-16H2,1-4H3. The molecule has 0 spiro atoms. The fourth-order valence-corrected chi connectivity index (χ4v) is 5.12. The minimum Gasteiger partial charge on any atom is -0.363 e. The molecule has 0 unspecified atom stereocenters. The number of piperidine rings is 1. The number of hydroxylamine groups is 2. The summed E-state index contributed by atoms with van der Waals surface area (Å²) in [5.74, 6) is -0.372. The molecule has 0 radical (unpaired) electrons. The maximum Gasteiger partial charge on any atom is 0.357 e. The molecule has 168 valence electrons. The van der Waals surface area contributed by atoms with E-state index in [0.29, 0.717) is 22.1 Å². The predicted octanol–water partition coefficient (Wildman–Crippen LogP) is 5.32. The zero-order valence-corrected chi connectivity index (χ0v) is 20.5. The number of hydrogen-bond acceptors (Lipinski definition) is 5. The molecule has 1 fully saturated rings. The Morgan fingerprint density at radius 3 is 2.22 bits per heavy atom. The highest BCUT2D eigenvalue weighted by molar-refractivity contribution is 9.10. The Kier molecular flexibility index (Phi) is 5.98. The third-order valence-electron chi connectivity index (χ3n) is 6.20. The summed E-state index contributed by atoms with van der Waals surface area (Å²) in [6.07, 6.45) is 3.07. The lowest BCUT2D eigenvalue weighted by Gasteiger charge is -2.50. The van der Waals surface area contributed by atoms with Crippen molar-refractivity contribution in [3.05, 3.63) is 74.6 Å². The van der Waals surface area contributed by atoms with Gasteiger partial charge in [-0.05, 0) is 86.6 Å². The molecule has 4 rings (SSSR count). The summed E-state index contributed by atoms with van der Waals surface area (Å²) < 4.78 is 2.05. The summed E-state index contributed by atoms with van der Waals surface area (Å²) in [5.41, 5.74) is 0.770. The van der Waals surface area contributed by atoms with E-state index in [-0.39, 0.29) is 22.6 Å². The van der Waals surface area contributed by atoms with Crippen LogP contribution in [0.2, 0.25) is 0 Å². The van der Waals surface area contributed by atoms with Gasteiger partial charge in [0.05, 0.1) is 28.6 Å². The van der Waals surface area contributed by atoms with Crippen LogP contribution in [-0.2, 0) is 11.4 Å². The quantitative estimate of drug-likeness (QED) is 0.487. The van der Waals surface area contributed by atoms with Gasteiger partial charge in [-0.25, -0.2) is 9.48 Å². The lowest BCUT2D eigenvalue weighted by molar-refractivity contribution is -0.240. The molecular formula is C25H28BrN3O3. The monoisotopic (exact) mass is 497 g/mol. The second kappa shape index (κ2) is 8.45. The molecule has 2 aromatic carbocycles. The molecule has 1 saturated heterocycles. The number of nitrogens with zero attached hydrogens (tertiary/aromatic N) is 3. The topological polar surface area (TPSA) is 64.4 Å². The molecule has 0 aliphatic carbocycles. The van der Waals surface area contributed by atoms with E-state index in [1.807, 2.05) is 35.4 Å². The van der Waals surface area contributed by atoms with Crippen molar-refractivity contribution in [1.82, 2.24) is 14.8 Å². The van der Waals surface area contributed by atoms with Crippen LogP contribution in [0, 0.1) is 0 Å². The first kappa shape index (κ1) is 22.7. The number of aromatic nitrogens is 2. The highest BCUT2D eigenvalue weighted by Gasteiger charge is 2.44. The van der Waals surface area contributed by atoms with Crippen molar-refractivity contribution < 1.29 is 9.63 Å². The summed E-state index contributed by atoms with van der Waals surface area (Å²) in [6.45, 7) is 8.74. The number of carbonyl (C=O) groups excluding carboxylic acids is 1. The van der Waals surface area contributed by atoms with Crippen molar-refractivity contribution in [2.75, 3.05) is 0 Å². The third-order valence-corrected chi connectivity index (χ3v) is 6.78. The fraction of sp³-hybridized carbons (Fsp3) is 0.400. The molecule has 0 amide bonds. The lowest BCUT2D eigenvalue weighted by Crippen LogP contribution is -2.58. The van der Waals surface area contributed by atoms with Gasteiger partial charge in [0.15, 0.2) is 0 Å². The Bertz CT molecular complexity index is 1200. The van der Waals surface area contributed by atoms with Gasteiger partial charge in [-0.3, -0.25) is 4.79 Å². The molecule has 3 aromatic rings. The Labute approximate surface area is 196 Å².